The van der Waals surface area contributed by atoms with Crippen molar-refractivity contribution in [3.8, 4) is 0 Å². The number of aromatic carboxylic acids is 1. The summed E-state index contributed by atoms with van der Waals surface area (Å²) in [6, 6.07) is -0.219. The molecule has 7 nitrogen and oxygen atoms in total. The highest BCUT2D eigenvalue weighted by atomic mass is 32.1. The topological polar surface area (TPSA) is 104 Å². The van der Waals surface area contributed by atoms with Crippen LogP contribution in [0.1, 0.15) is 42.6 Å². The van der Waals surface area contributed by atoms with Gasteiger partial charge in [-0.05, 0) is 12.8 Å². The number of anilines is 1. The Kier molecular flexibility index (Phi) is 4.08. The van der Waals surface area contributed by atoms with Gasteiger partial charge >= 0.3 is 12.0 Å². The number of amides is 2. The zero-order chi connectivity index (χ0) is 13.0. The number of nitrogens with one attached hydrogen (secondary N) is 2. The number of carboxylic acid groups (broad SMARTS) is 1. The number of hydrogen-bond donors (Lipinski definition) is 3. The fourth-order valence-corrected chi connectivity index (χ4v) is 2.54. The quantitative estimate of drug-likeness (QED) is 0.775. The highest BCUT2D eigenvalue weighted by molar-refractivity contribution is 7.10. The largest absolute Gasteiger partial charge is 0.476 e. The summed E-state index contributed by atoms with van der Waals surface area (Å²) in [6.07, 6.45) is 5.39. The first-order valence-electron chi connectivity index (χ1n) is 5.80. The van der Waals surface area contributed by atoms with E-state index in [0.717, 1.165) is 37.2 Å². The molecular weight excluding hydrogens is 256 g/mol. The number of carbonyl (C=O) groups is 2. The molecule has 0 aliphatic heterocycles. The Labute approximate surface area is 108 Å². The lowest BCUT2D eigenvalue weighted by Gasteiger charge is -2.22. The average Bonchev–Trinajstić information content (AvgIpc) is 2.78. The van der Waals surface area contributed by atoms with Crippen LogP contribution in [0.4, 0.5) is 9.80 Å². The predicted octanol–water partition coefficient (Wildman–Crippen LogP) is 1.69. The van der Waals surface area contributed by atoms with Crippen molar-refractivity contribution in [3.05, 3.63) is 5.69 Å². The molecule has 1 aromatic heterocycles. The van der Waals surface area contributed by atoms with E-state index >= 15 is 0 Å². The van der Waals surface area contributed by atoms with Gasteiger partial charge in [-0.3, -0.25) is 5.32 Å². The third kappa shape index (κ3) is 3.16. The van der Waals surface area contributed by atoms with E-state index in [2.05, 4.69) is 20.2 Å². The fraction of sp³-hybridized carbons (Fsp3) is 0.600. The van der Waals surface area contributed by atoms with Crippen LogP contribution in [-0.2, 0) is 0 Å². The number of nitrogens with zero attached hydrogens (tertiary/aromatic N) is 2. The Bertz CT molecular complexity index is 442. The fourth-order valence-electron chi connectivity index (χ4n) is 1.98. The molecule has 0 radical (unpaired) electrons. The third-order valence-corrected chi connectivity index (χ3v) is 3.50. The van der Waals surface area contributed by atoms with Gasteiger partial charge in [0, 0.05) is 17.6 Å². The first-order chi connectivity index (χ1) is 8.66. The molecule has 0 bridgehead atoms. The van der Waals surface area contributed by atoms with Crippen LogP contribution in [0.15, 0.2) is 0 Å². The van der Waals surface area contributed by atoms with Crippen LogP contribution in [0, 0.1) is 0 Å². The minimum absolute atomic E-state index is 0.163. The van der Waals surface area contributed by atoms with Crippen LogP contribution in [0.25, 0.3) is 0 Å². The van der Waals surface area contributed by atoms with Crippen LogP contribution in [0.2, 0.25) is 0 Å². The average molecular weight is 270 g/mol. The first-order valence-corrected chi connectivity index (χ1v) is 6.57. The molecule has 3 N–H and O–H groups in total. The standard InChI is InChI=1S/C10H14N4O3S/c15-9(16)7-8(18-14-13-7)12-10(17)11-6-4-2-1-3-5-6/h6H,1-5H2,(H,15,16)(H2,11,12,17). The zero-order valence-corrected chi connectivity index (χ0v) is 10.5. The van der Waals surface area contributed by atoms with Gasteiger partial charge in [0.05, 0.1) is 0 Å². The van der Waals surface area contributed by atoms with Gasteiger partial charge in [0.15, 0.2) is 5.00 Å². The van der Waals surface area contributed by atoms with Crippen LogP contribution < -0.4 is 10.6 Å². The summed E-state index contributed by atoms with van der Waals surface area (Å²) in [6.45, 7) is 0. The monoisotopic (exact) mass is 270 g/mol. The number of rotatable bonds is 3. The molecule has 0 saturated heterocycles. The van der Waals surface area contributed by atoms with Gasteiger partial charge in [-0.25, -0.2) is 9.59 Å². The Morgan fingerprint density at radius 3 is 2.67 bits per heavy atom. The maximum atomic E-state index is 11.7. The molecule has 1 fully saturated rings. The van der Waals surface area contributed by atoms with Crippen molar-refractivity contribution in [2.45, 2.75) is 38.1 Å². The normalized spacial score (nSPS) is 16.2. The SMILES string of the molecule is O=C(Nc1snnc1C(=O)O)NC1CCCCC1. The second-order valence-corrected chi connectivity index (χ2v) is 4.94. The van der Waals surface area contributed by atoms with E-state index in [0.29, 0.717) is 0 Å². The Hall–Kier alpha value is -1.70. The molecule has 1 aliphatic carbocycles. The second-order valence-electron chi connectivity index (χ2n) is 4.19. The number of urea groups is 1. The predicted molar refractivity (Wildman–Crippen MR) is 65.9 cm³/mol. The van der Waals surface area contributed by atoms with E-state index in [9.17, 15) is 9.59 Å². The number of hydrogen-bond acceptors (Lipinski definition) is 5. The minimum atomic E-state index is -1.20. The van der Waals surface area contributed by atoms with E-state index in [4.69, 9.17) is 5.11 Å². The van der Waals surface area contributed by atoms with Crippen molar-refractivity contribution >= 4 is 28.5 Å². The van der Waals surface area contributed by atoms with E-state index in [-0.39, 0.29) is 16.7 Å². The van der Waals surface area contributed by atoms with E-state index in [1.54, 1.807) is 0 Å². The van der Waals surface area contributed by atoms with Crippen LogP contribution in [0.5, 0.6) is 0 Å². The van der Waals surface area contributed by atoms with Gasteiger partial charge in [0.2, 0.25) is 5.69 Å². The molecule has 18 heavy (non-hydrogen) atoms. The number of aromatic nitrogens is 2. The van der Waals surface area contributed by atoms with Crippen molar-refractivity contribution in [1.82, 2.24) is 14.9 Å². The highest BCUT2D eigenvalue weighted by Crippen LogP contribution is 2.19. The zero-order valence-electron chi connectivity index (χ0n) is 9.68. The summed E-state index contributed by atoms with van der Waals surface area (Å²) in [4.78, 5) is 22.5. The summed E-state index contributed by atoms with van der Waals surface area (Å²) in [5, 5.41) is 17.7. The minimum Gasteiger partial charge on any atom is -0.476 e. The molecule has 2 rings (SSSR count). The molecule has 0 aromatic carbocycles. The molecule has 98 valence electrons. The van der Waals surface area contributed by atoms with E-state index in [1.165, 1.54) is 6.42 Å². The lowest BCUT2D eigenvalue weighted by molar-refractivity contribution is 0.0691. The van der Waals surface area contributed by atoms with Gasteiger partial charge in [0.25, 0.3) is 0 Å². The van der Waals surface area contributed by atoms with Crippen molar-refractivity contribution in [2.75, 3.05) is 5.32 Å². The summed E-state index contributed by atoms with van der Waals surface area (Å²) in [5.74, 6) is -1.20. The molecular formula is C10H14N4O3S. The maximum Gasteiger partial charge on any atom is 0.359 e. The summed E-state index contributed by atoms with van der Waals surface area (Å²) < 4.78 is 3.51. The van der Waals surface area contributed by atoms with Gasteiger partial charge in [-0.1, -0.05) is 23.8 Å². The van der Waals surface area contributed by atoms with E-state index < -0.39 is 12.0 Å². The van der Waals surface area contributed by atoms with Crippen LogP contribution in [-0.4, -0.2) is 32.7 Å². The molecule has 1 aliphatic rings. The molecule has 8 heteroatoms. The van der Waals surface area contributed by atoms with Gasteiger partial charge < -0.3 is 10.4 Å². The summed E-state index contributed by atoms with van der Waals surface area (Å²) >= 11 is 0.854. The number of carbonyl (C=O) groups excluding carboxylic acids is 1. The van der Waals surface area contributed by atoms with E-state index in [1.807, 2.05) is 0 Å². The molecule has 2 amide bonds. The molecule has 1 heterocycles. The Morgan fingerprint density at radius 2 is 2.00 bits per heavy atom. The number of carboxylic acids is 1. The lowest BCUT2D eigenvalue weighted by atomic mass is 9.96. The summed E-state index contributed by atoms with van der Waals surface area (Å²) in [5.41, 5.74) is -0.223. The van der Waals surface area contributed by atoms with Gasteiger partial charge in [0.1, 0.15) is 0 Å². The molecule has 1 aromatic rings. The molecule has 0 spiro atoms. The van der Waals surface area contributed by atoms with Crippen molar-refractivity contribution in [2.24, 2.45) is 0 Å². The van der Waals surface area contributed by atoms with Crippen molar-refractivity contribution in [3.63, 3.8) is 0 Å². The maximum absolute atomic E-state index is 11.7. The van der Waals surface area contributed by atoms with Crippen LogP contribution in [0.3, 0.4) is 0 Å². The molecule has 1 saturated carbocycles. The summed E-state index contributed by atoms with van der Waals surface area (Å²) in [7, 11) is 0. The molecule has 0 atom stereocenters. The van der Waals surface area contributed by atoms with Crippen LogP contribution >= 0.6 is 11.5 Å². The second kappa shape index (κ2) is 5.76. The molecule has 0 unspecified atom stereocenters. The Morgan fingerprint density at radius 1 is 1.28 bits per heavy atom. The highest BCUT2D eigenvalue weighted by Gasteiger charge is 2.19. The first kappa shape index (κ1) is 12.7. The Balaban J connectivity index is 1.90. The van der Waals surface area contributed by atoms with Crippen molar-refractivity contribution in [1.29, 1.82) is 0 Å². The third-order valence-electron chi connectivity index (χ3n) is 2.86. The van der Waals surface area contributed by atoms with Crippen molar-refractivity contribution < 1.29 is 14.7 Å². The van der Waals surface area contributed by atoms with Gasteiger partial charge in [-0.2, -0.15) is 0 Å². The lowest BCUT2D eigenvalue weighted by Crippen LogP contribution is -2.39. The smallest absolute Gasteiger partial charge is 0.359 e. The van der Waals surface area contributed by atoms with Gasteiger partial charge in [-0.15, -0.1) is 5.10 Å².